The number of carbonyl (C=O) groups excluding carboxylic acids is 1. The lowest BCUT2D eigenvalue weighted by Gasteiger charge is -2.37. The van der Waals surface area contributed by atoms with E-state index in [1.807, 2.05) is 17.9 Å². The maximum atomic E-state index is 15.8. The maximum Gasteiger partial charge on any atom is 0.307 e. The van der Waals surface area contributed by atoms with Crippen LogP contribution in [0.4, 0.5) is 8.78 Å². The quantitative estimate of drug-likeness (QED) is 0.357. The van der Waals surface area contributed by atoms with Gasteiger partial charge in [0.25, 0.3) is 0 Å². The lowest BCUT2D eigenvalue weighted by molar-refractivity contribution is -0.143. The van der Waals surface area contributed by atoms with Crippen LogP contribution in [0.25, 0.3) is 5.70 Å². The van der Waals surface area contributed by atoms with E-state index >= 15 is 4.39 Å². The molecule has 0 bridgehead atoms. The molecule has 0 aliphatic carbocycles. The van der Waals surface area contributed by atoms with Gasteiger partial charge in [0.05, 0.1) is 18.7 Å². The Kier molecular flexibility index (Phi) is 10.0. The van der Waals surface area contributed by atoms with Crippen LogP contribution in [0, 0.1) is 5.82 Å². The summed E-state index contributed by atoms with van der Waals surface area (Å²) in [4.78, 5) is 23.8. The van der Waals surface area contributed by atoms with Gasteiger partial charge in [0, 0.05) is 49.7 Å². The fourth-order valence-corrected chi connectivity index (χ4v) is 6.80. The van der Waals surface area contributed by atoms with E-state index in [-0.39, 0.29) is 24.0 Å². The standard InChI is InChI=1S/C29H41F2N7O2S/c1-3-20-15-21(17-22(30)16-20)26-23(18-37-8-5-6-9-37)41-29(34-26)35-27-25(31)28(33-19-32-27)38-13-11-36(12-14-38)10-7-24(39)40-4-2/h15-17,29,32,34-35H,3-14,18-19H2,1-2H3. The van der Waals surface area contributed by atoms with E-state index in [1.54, 1.807) is 30.8 Å². The van der Waals surface area contributed by atoms with Crippen LogP contribution in [0.5, 0.6) is 0 Å². The van der Waals surface area contributed by atoms with Crippen molar-refractivity contribution in [2.24, 2.45) is 4.99 Å². The molecule has 2 saturated heterocycles. The summed E-state index contributed by atoms with van der Waals surface area (Å²) in [6.07, 6.45) is 3.48. The summed E-state index contributed by atoms with van der Waals surface area (Å²) in [6, 6.07) is 5.19. The second-order valence-corrected chi connectivity index (χ2v) is 11.9. The number of carbonyl (C=O) groups is 1. The molecule has 0 saturated carbocycles. The summed E-state index contributed by atoms with van der Waals surface area (Å²) in [5.74, 6) is -0.194. The van der Waals surface area contributed by atoms with E-state index in [2.05, 4.69) is 30.7 Å². The van der Waals surface area contributed by atoms with Crippen molar-refractivity contribution in [1.82, 2.24) is 30.7 Å². The molecular weight excluding hydrogens is 548 g/mol. The fourth-order valence-electron chi connectivity index (χ4n) is 5.61. The molecule has 3 N–H and O–H groups in total. The highest BCUT2D eigenvalue weighted by atomic mass is 32.2. The monoisotopic (exact) mass is 589 g/mol. The molecular formula is C29H41F2N7O2S. The lowest BCUT2D eigenvalue weighted by Crippen LogP contribution is -2.51. The van der Waals surface area contributed by atoms with Gasteiger partial charge in [0.1, 0.15) is 18.3 Å². The number of halogens is 2. The number of amidine groups is 1. The van der Waals surface area contributed by atoms with Gasteiger partial charge in [-0.25, -0.2) is 9.38 Å². The molecule has 1 aromatic carbocycles. The van der Waals surface area contributed by atoms with Crippen LogP contribution in [0.1, 0.15) is 44.2 Å². The van der Waals surface area contributed by atoms with Crippen LogP contribution < -0.4 is 16.0 Å². The van der Waals surface area contributed by atoms with Crippen molar-refractivity contribution in [1.29, 1.82) is 0 Å². The smallest absolute Gasteiger partial charge is 0.307 e. The first kappa shape index (κ1) is 29.7. The summed E-state index contributed by atoms with van der Waals surface area (Å²) in [5.41, 5.74) is 2.35. The van der Waals surface area contributed by atoms with Gasteiger partial charge in [-0.15, -0.1) is 0 Å². The molecule has 4 aliphatic rings. The number of aliphatic imine (C=N–C) groups is 1. The summed E-state index contributed by atoms with van der Waals surface area (Å²) in [7, 11) is 0. The van der Waals surface area contributed by atoms with Crippen LogP contribution in [-0.4, -0.2) is 97.6 Å². The van der Waals surface area contributed by atoms with Crippen molar-refractivity contribution < 1.29 is 18.3 Å². The number of ether oxygens (including phenoxy) is 1. The van der Waals surface area contributed by atoms with Crippen molar-refractivity contribution >= 4 is 29.3 Å². The molecule has 0 radical (unpaired) electrons. The predicted molar refractivity (Wildman–Crippen MR) is 159 cm³/mol. The topological polar surface area (TPSA) is 84.5 Å². The van der Waals surface area contributed by atoms with E-state index < -0.39 is 5.83 Å². The number of nitrogens with zero attached hydrogens (tertiary/aromatic N) is 4. The minimum atomic E-state index is -0.410. The van der Waals surface area contributed by atoms with E-state index in [9.17, 15) is 9.18 Å². The Morgan fingerprint density at radius 2 is 1.88 bits per heavy atom. The third-order valence-corrected chi connectivity index (χ3v) is 8.91. The molecule has 5 rings (SSSR count). The van der Waals surface area contributed by atoms with E-state index in [0.29, 0.717) is 44.3 Å². The molecule has 41 heavy (non-hydrogen) atoms. The molecule has 1 aromatic rings. The third kappa shape index (κ3) is 7.52. The number of nitrogens with one attached hydrogen (secondary N) is 3. The zero-order chi connectivity index (χ0) is 28.8. The largest absolute Gasteiger partial charge is 0.466 e. The van der Waals surface area contributed by atoms with Gasteiger partial charge in [-0.2, -0.15) is 4.39 Å². The molecule has 4 aliphatic heterocycles. The highest BCUT2D eigenvalue weighted by molar-refractivity contribution is 8.04. The summed E-state index contributed by atoms with van der Waals surface area (Å²) in [6.45, 7) is 10.7. The van der Waals surface area contributed by atoms with Gasteiger partial charge < -0.3 is 25.6 Å². The van der Waals surface area contributed by atoms with Crippen molar-refractivity contribution in [2.45, 2.75) is 45.0 Å². The number of hydrogen-bond donors (Lipinski definition) is 3. The van der Waals surface area contributed by atoms with Crippen LogP contribution in [-0.2, 0) is 16.0 Å². The van der Waals surface area contributed by atoms with Crippen LogP contribution in [0.2, 0.25) is 0 Å². The first-order valence-electron chi connectivity index (χ1n) is 14.7. The fraction of sp³-hybridized carbons (Fsp3) is 0.586. The van der Waals surface area contributed by atoms with E-state index in [1.165, 1.54) is 12.8 Å². The lowest BCUT2D eigenvalue weighted by atomic mass is 10.1. The maximum absolute atomic E-state index is 15.8. The minimum Gasteiger partial charge on any atom is -0.466 e. The molecule has 0 amide bonds. The Labute approximate surface area is 245 Å². The molecule has 1 unspecified atom stereocenters. The van der Waals surface area contributed by atoms with Gasteiger partial charge in [-0.05, 0) is 63.0 Å². The Bertz CT molecular complexity index is 1190. The normalized spacial score (nSPS) is 22.1. The highest BCUT2D eigenvalue weighted by Crippen LogP contribution is 2.36. The Morgan fingerprint density at radius 3 is 2.61 bits per heavy atom. The number of thioether (sulfide) groups is 1. The molecule has 224 valence electrons. The van der Waals surface area contributed by atoms with Crippen LogP contribution in [0.3, 0.4) is 0 Å². The average molecular weight is 590 g/mol. The molecule has 4 heterocycles. The predicted octanol–water partition coefficient (Wildman–Crippen LogP) is 3.03. The van der Waals surface area contributed by atoms with Gasteiger partial charge in [0.2, 0.25) is 5.83 Å². The number of aryl methyl sites for hydroxylation is 1. The Hall–Kier alpha value is -2.83. The number of hydrogen-bond acceptors (Lipinski definition) is 10. The second kappa shape index (κ2) is 13.9. The zero-order valence-corrected chi connectivity index (χ0v) is 24.8. The van der Waals surface area contributed by atoms with Gasteiger partial charge in [-0.3, -0.25) is 14.6 Å². The average Bonchev–Trinajstić information content (AvgIpc) is 3.63. The summed E-state index contributed by atoms with van der Waals surface area (Å²) >= 11 is 1.62. The number of piperazine rings is 1. The first-order valence-corrected chi connectivity index (χ1v) is 15.6. The molecule has 2 fully saturated rings. The Morgan fingerprint density at radius 1 is 1.10 bits per heavy atom. The molecule has 9 nitrogen and oxygen atoms in total. The first-order chi connectivity index (χ1) is 19.9. The van der Waals surface area contributed by atoms with Crippen molar-refractivity contribution in [3.63, 3.8) is 0 Å². The molecule has 1 atom stereocenters. The molecule has 12 heteroatoms. The van der Waals surface area contributed by atoms with Crippen LogP contribution >= 0.6 is 11.8 Å². The Balaban J connectivity index is 1.23. The summed E-state index contributed by atoms with van der Waals surface area (Å²) < 4.78 is 35.3. The second-order valence-electron chi connectivity index (χ2n) is 10.7. The summed E-state index contributed by atoms with van der Waals surface area (Å²) in [5, 5.41) is 9.88. The van der Waals surface area contributed by atoms with E-state index in [4.69, 9.17) is 4.74 Å². The van der Waals surface area contributed by atoms with Gasteiger partial charge >= 0.3 is 5.97 Å². The SMILES string of the molecule is CCOC(=O)CCN1CCN(C2=NCNC(NC3NC(c4cc(F)cc(CC)c4)=C(CN4CCCC4)S3)=C2F)CC1. The number of benzene rings is 1. The third-order valence-electron chi connectivity index (χ3n) is 7.82. The van der Waals surface area contributed by atoms with Crippen molar-refractivity contribution in [2.75, 3.05) is 65.6 Å². The minimum absolute atomic E-state index is 0.190. The molecule has 0 spiro atoms. The molecule has 0 aromatic heterocycles. The zero-order valence-electron chi connectivity index (χ0n) is 24.0. The number of esters is 1. The van der Waals surface area contributed by atoms with E-state index in [0.717, 1.165) is 60.9 Å². The number of rotatable bonds is 10. The highest BCUT2D eigenvalue weighted by Gasteiger charge is 2.31. The number of likely N-dealkylation sites (tertiary alicyclic amines) is 1. The van der Waals surface area contributed by atoms with Crippen molar-refractivity contribution in [3.8, 4) is 0 Å². The van der Waals surface area contributed by atoms with Gasteiger partial charge in [-0.1, -0.05) is 18.7 Å². The van der Waals surface area contributed by atoms with Crippen molar-refractivity contribution in [3.05, 3.63) is 51.7 Å². The van der Waals surface area contributed by atoms with Crippen LogP contribution in [0.15, 0.2) is 39.7 Å². The van der Waals surface area contributed by atoms with Gasteiger partial charge in [0.15, 0.2) is 11.3 Å².